The molecule has 112 valence electrons. The molecule has 0 saturated carbocycles. The van der Waals surface area contributed by atoms with Crippen LogP contribution in [0.25, 0.3) is 0 Å². The highest BCUT2D eigenvalue weighted by Crippen LogP contribution is 2.14. The number of carbonyl (C=O) groups is 2. The van der Waals surface area contributed by atoms with Gasteiger partial charge in [-0.2, -0.15) is 0 Å². The SMILES string of the molecule is O=C(C(=O)c1ccc(CN2CCCC2)cc1)c1ccccc1. The second-order valence-electron chi connectivity index (χ2n) is 5.70. The lowest BCUT2D eigenvalue weighted by Crippen LogP contribution is -2.18. The van der Waals surface area contributed by atoms with Gasteiger partial charge >= 0.3 is 0 Å². The first-order valence-electron chi connectivity index (χ1n) is 7.69. The fraction of sp³-hybridized carbons (Fsp3) is 0.263. The molecule has 3 nitrogen and oxygen atoms in total. The van der Waals surface area contributed by atoms with Crippen molar-refractivity contribution < 1.29 is 9.59 Å². The maximum absolute atomic E-state index is 12.2. The van der Waals surface area contributed by atoms with Crippen LogP contribution < -0.4 is 0 Å². The van der Waals surface area contributed by atoms with Crippen molar-refractivity contribution in [1.82, 2.24) is 4.90 Å². The van der Waals surface area contributed by atoms with Crippen LogP contribution >= 0.6 is 0 Å². The van der Waals surface area contributed by atoms with Crippen molar-refractivity contribution in [2.75, 3.05) is 13.1 Å². The Morgan fingerprint density at radius 3 is 1.91 bits per heavy atom. The van der Waals surface area contributed by atoms with E-state index >= 15 is 0 Å². The zero-order valence-electron chi connectivity index (χ0n) is 12.5. The molecule has 0 atom stereocenters. The van der Waals surface area contributed by atoms with E-state index in [4.69, 9.17) is 0 Å². The molecule has 1 fully saturated rings. The van der Waals surface area contributed by atoms with E-state index in [0.717, 1.165) is 19.6 Å². The van der Waals surface area contributed by atoms with Gasteiger partial charge in [-0.15, -0.1) is 0 Å². The van der Waals surface area contributed by atoms with Crippen molar-refractivity contribution in [3.63, 3.8) is 0 Å². The topological polar surface area (TPSA) is 37.4 Å². The number of Topliss-reactive ketones (excluding diaryl/α,β-unsaturated/α-hetero) is 2. The minimum atomic E-state index is -0.451. The van der Waals surface area contributed by atoms with Gasteiger partial charge < -0.3 is 0 Å². The number of likely N-dealkylation sites (tertiary alicyclic amines) is 1. The Kier molecular flexibility index (Phi) is 4.45. The van der Waals surface area contributed by atoms with Crippen LogP contribution in [0.1, 0.15) is 39.1 Å². The van der Waals surface area contributed by atoms with Crippen LogP contribution in [-0.2, 0) is 6.54 Å². The van der Waals surface area contributed by atoms with E-state index in [1.165, 1.54) is 18.4 Å². The molecule has 2 aromatic rings. The number of ketones is 2. The third-order valence-corrected chi connectivity index (χ3v) is 4.06. The molecule has 0 radical (unpaired) electrons. The van der Waals surface area contributed by atoms with Gasteiger partial charge in [0.05, 0.1) is 0 Å². The third kappa shape index (κ3) is 3.31. The van der Waals surface area contributed by atoms with Crippen molar-refractivity contribution in [3.8, 4) is 0 Å². The van der Waals surface area contributed by atoms with Crippen LogP contribution in [0.5, 0.6) is 0 Å². The quantitative estimate of drug-likeness (QED) is 0.626. The van der Waals surface area contributed by atoms with Gasteiger partial charge in [-0.1, -0.05) is 54.6 Å². The Bertz CT molecular complexity index is 656. The summed E-state index contributed by atoms with van der Waals surface area (Å²) in [6.45, 7) is 3.21. The monoisotopic (exact) mass is 293 g/mol. The summed E-state index contributed by atoms with van der Waals surface area (Å²) in [6.07, 6.45) is 2.53. The molecule has 3 rings (SSSR count). The van der Waals surface area contributed by atoms with Gasteiger partial charge in [-0.05, 0) is 31.5 Å². The molecule has 3 heteroatoms. The summed E-state index contributed by atoms with van der Waals surface area (Å²) < 4.78 is 0. The van der Waals surface area contributed by atoms with Gasteiger partial charge in [0.1, 0.15) is 0 Å². The van der Waals surface area contributed by atoms with Crippen LogP contribution in [0.3, 0.4) is 0 Å². The molecule has 0 bridgehead atoms. The number of carbonyl (C=O) groups excluding carboxylic acids is 2. The van der Waals surface area contributed by atoms with Gasteiger partial charge in [0.15, 0.2) is 0 Å². The Morgan fingerprint density at radius 1 is 0.773 bits per heavy atom. The largest absolute Gasteiger partial charge is 0.299 e. The van der Waals surface area contributed by atoms with E-state index < -0.39 is 11.6 Å². The Hall–Kier alpha value is -2.26. The average molecular weight is 293 g/mol. The molecule has 1 aliphatic heterocycles. The predicted molar refractivity (Wildman–Crippen MR) is 86.1 cm³/mol. The fourth-order valence-corrected chi connectivity index (χ4v) is 2.81. The summed E-state index contributed by atoms with van der Waals surface area (Å²) in [5.74, 6) is -0.896. The Balaban J connectivity index is 1.69. The maximum Gasteiger partial charge on any atom is 0.233 e. The molecule has 0 spiro atoms. The minimum Gasteiger partial charge on any atom is -0.299 e. The van der Waals surface area contributed by atoms with E-state index in [-0.39, 0.29) is 0 Å². The first-order chi connectivity index (χ1) is 10.7. The van der Waals surface area contributed by atoms with E-state index in [1.54, 1.807) is 36.4 Å². The smallest absolute Gasteiger partial charge is 0.233 e. The minimum absolute atomic E-state index is 0.439. The average Bonchev–Trinajstić information content (AvgIpc) is 3.08. The fourth-order valence-electron chi connectivity index (χ4n) is 2.81. The van der Waals surface area contributed by atoms with Crippen LogP contribution in [0, 0.1) is 0 Å². The number of rotatable bonds is 5. The molecular weight excluding hydrogens is 274 g/mol. The highest BCUT2D eigenvalue weighted by atomic mass is 16.2. The van der Waals surface area contributed by atoms with Gasteiger partial charge in [0.2, 0.25) is 11.6 Å². The van der Waals surface area contributed by atoms with E-state index in [1.807, 2.05) is 18.2 Å². The number of nitrogens with zero attached hydrogens (tertiary/aromatic N) is 1. The zero-order chi connectivity index (χ0) is 15.4. The van der Waals surface area contributed by atoms with Gasteiger partial charge in [0, 0.05) is 17.7 Å². The summed E-state index contributed by atoms with van der Waals surface area (Å²) in [5.41, 5.74) is 2.08. The molecular formula is C19H19NO2. The molecule has 22 heavy (non-hydrogen) atoms. The lowest BCUT2D eigenvalue weighted by Gasteiger charge is -2.14. The van der Waals surface area contributed by atoms with Gasteiger partial charge in [-0.3, -0.25) is 14.5 Å². The first kappa shape index (κ1) is 14.7. The molecule has 0 aliphatic carbocycles. The molecule has 0 unspecified atom stereocenters. The third-order valence-electron chi connectivity index (χ3n) is 4.06. The van der Waals surface area contributed by atoms with Crippen LogP contribution in [-0.4, -0.2) is 29.6 Å². The summed E-state index contributed by atoms with van der Waals surface area (Å²) in [4.78, 5) is 26.8. The van der Waals surface area contributed by atoms with Crippen LogP contribution in [0.2, 0.25) is 0 Å². The molecule has 1 heterocycles. The number of hydrogen-bond acceptors (Lipinski definition) is 3. The summed E-state index contributed by atoms with van der Waals surface area (Å²) in [6, 6.07) is 16.1. The van der Waals surface area contributed by atoms with Gasteiger partial charge in [0.25, 0.3) is 0 Å². The van der Waals surface area contributed by atoms with Crippen molar-refractivity contribution in [1.29, 1.82) is 0 Å². The molecule has 0 aromatic heterocycles. The van der Waals surface area contributed by atoms with Crippen LogP contribution in [0.4, 0.5) is 0 Å². The predicted octanol–water partition coefficient (Wildman–Crippen LogP) is 3.35. The van der Waals surface area contributed by atoms with E-state index in [9.17, 15) is 9.59 Å². The normalized spacial score (nSPS) is 14.9. The zero-order valence-corrected chi connectivity index (χ0v) is 12.5. The maximum atomic E-state index is 12.2. The first-order valence-corrected chi connectivity index (χ1v) is 7.69. The summed E-state index contributed by atoms with van der Waals surface area (Å²) in [7, 11) is 0. The van der Waals surface area contributed by atoms with E-state index in [0.29, 0.717) is 11.1 Å². The van der Waals surface area contributed by atoms with Crippen molar-refractivity contribution in [3.05, 3.63) is 71.3 Å². The highest BCUT2D eigenvalue weighted by Gasteiger charge is 2.18. The van der Waals surface area contributed by atoms with Crippen molar-refractivity contribution in [2.45, 2.75) is 19.4 Å². The molecule has 0 N–H and O–H groups in total. The molecule has 1 aliphatic rings. The second-order valence-corrected chi connectivity index (χ2v) is 5.70. The summed E-state index contributed by atoms with van der Waals surface area (Å²) in [5, 5.41) is 0. The van der Waals surface area contributed by atoms with Crippen molar-refractivity contribution >= 4 is 11.6 Å². The lowest BCUT2D eigenvalue weighted by atomic mass is 10.0. The Morgan fingerprint density at radius 2 is 1.32 bits per heavy atom. The van der Waals surface area contributed by atoms with Crippen LogP contribution in [0.15, 0.2) is 54.6 Å². The van der Waals surface area contributed by atoms with Gasteiger partial charge in [-0.25, -0.2) is 0 Å². The Labute approximate surface area is 130 Å². The number of hydrogen-bond donors (Lipinski definition) is 0. The van der Waals surface area contributed by atoms with Crippen molar-refractivity contribution in [2.24, 2.45) is 0 Å². The summed E-state index contributed by atoms with van der Waals surface area (Å²) >= 11 is 0. The number of benzene rings is 2. The molecule has 1 saturated heterocycles. The molecule has 0 amide bonds. The highest BCUT2D eigenvalue weighted by molar-refractivity contribution is 6.49. The molecule has 2 aromatic carbocycles. The standard InChI is InChI=1S/C19H19NO2/c21-18(16-6-2-1-3-7-16)19(22)17-10-8-15(9-11-17)14-20-12-4-5-13-20/h1-3,6-11H,4-5,12-14H2. The second kappa shape index (κ2) is 6.67. The lowest BCUT2D eigenvalue weighted by molar-refractivity contribution is 0.0817. The van der Waals surface area contributed by atoms with E-state index in [2.05, 4.69) is 4.90 Å².